The molecule has 1 aromatic rings. The zero-order valence-electron chi connectivity index (χ0n) is 16.0. The van der Waals surface area contributed by atoms with Gasteiger partial charge in [-0.2, -0.15) is 5.10 Å². The van der Waals surface area contributed by atoms with Crippen LogP contribution in [0.1, 0.15) is 24.6 Å². The van der Waals surface area contributed by atoms with Gasteiger partial charge in [0.2, 0.25) is 12.8 Å². The van der Waals surface area contributed by atoms with E-state index in [1.807, 2.05) is 4.90 Å². The van der Waals surface area contributed by atoms with Gasteiger partial charge in [0.15, 0.2) is 0 Å². The van der Waals surface area contributed by atoms with E-state index in [0.717, 1.165) is 11.3 Å². The molecule has 1 amide bonds. The van der Waals surface area contributed by atoms with Gasteiger partial charge in [0.05, 0.1) is 24.0 Å². The molecule has 0 unspecified atom stereocenters. The largest absolute Gasteiger partial charge is 0.384 e. The molecule has 0 spiro atoms. The molecular formula is C19H23ClF2N6O. The van der Waals surface area contributed by atoms with E-state index in [2.05, 4.69) is 20.8 Å². The average molecular weight is 425 g/mol. The van der Waals surface area contributed by atoms with Crippen LogP contribution in [0.3, 0.4) is 0 Å². The smallest absolute Gasteiger partial charge is 0.244 e. The summed E-state index contributed by atoms with van der Waals surface area (Å²) in [6.45, 7) is 3.11. The molecule has 0 saturated carbocycles. The Morgan fingerprint density at radius 1 is 1.52 bits per heavy atom. The number of hydrogen-bond acceptors (Lipinski definition) is 6. The predicted octanol–water partition coefficient (Wildman–Crippen LogP) is 2.79. The SMILES string of the molecule is C/C(Cl)=C(\C=N/NC=O)N1CCC(NCc2cccnc2CC(F)F)=C(C=N)C1. The van der Waals surface area contributed by atoms with Crippen molar-refractivity contribution in [1.82, 2.24) is 20.6 Å². The maximum atomic E-state index is 12.8. The first kappa shape index (κ1) is 22.5. The van der Waals surface area contributed by atoms with Crippen LogP contribution in [0.5, 0.6) is 0 Å². The molecule has 10 heteroatoms. The first-order valence-corrected chi connectivity index (χ1v) is 9.34. The van der Waals surface area contributed by atoms with Crippen LogP contribution in [0.15, 0.2) is 45.4 Å². The molecule has 2 rings (SSSR count). The summed E-state index contributed by atoms with van der Waals surface area (Å²) in [4.78, 5) is 16.4. The molecule has 1 aromatic heterocycles. The van der Waals surface area contributed by atoms with Gasteiger partial charge in [-0.3, -0.25) is 9.78 Å². The fourth-order valence-corrected chi connectivity index (χ4v) is 3.18. The van der Waals surface area contributed by atoms with E-state index >= 15 is 0 Å². The Bertz CT molecular complexity index is 821. The van der Waals surface area contributed by atoms with Crippen LogP contribution in [0.4, 0.5) is 8.78 Å². The Kier molecular flexibility index (Phi) is 8.72. The van der Waals surface area contributed by atoms with Crippen LogP contribution in [0.2, 0.25) is 0 Å². The number of nitrogens with zero attached hydrogens (tertiary/aromatic N) is 3. The molecule has 0 bridgehead atoms. The highest BCUT2D eigenvalue weighted by Gasteiger charge is 2.20. The van der Waals surface area contributed by atoms with Crippen molar-refractivity contribution in [1.29, 1.82) is 5.41 Å². The Hall–Kier alpha value is -2.81. The molecule has 156 valence electrons. The molecule has 0 aromatic carbocycles. The summed E-state index contributed by atoms with van der Waals surface area (Å²) in [6.07, 6.45) is 2.45. The molecule has 2 heterocycles. The number of amides is 1. The molecule has 0 fully saturated rings. The minimum absolute atomic E-state index is 0.352. The summed E-state index contributed by atoms with van der Waals surface area (Å²) < 4.78 is 25.5. The van der Waals surface area contributed by atoms with Crippen molar-refractivity contribution in [3.63, 3.8) is 0 Å². The monoisotopic (exact) mass is 424 g/mol. The molecule has 7 nitrogen and oxygen atoms in total. The molecule has 0 radical (unpaired) electrons. The van der Waals surface area contributed by atoms with Gasteiger partial charge in [0, 0.05) is 54.8 Å². The minimum Gasteiger partial charge on any atom is -0.384 e. The number of nitrogens with one attached hydrogen (secondary N) is 3. The maximum Gasteiger partial charge on any atom is 0.244 e. The molecule has 0 saturated heterocycles. The molecule has 29 heavy (non-hydrogen) atoms. The highest BCUT2D eigenvalue weighted by atomic mass is 35.5. The van der Waals surface area contributed by atoms with Gasteiger partial charge in [0.25, 0.3) is 0 Å². The number of hydrazone groups is 1. The topological polar surface area (TPSA) is 93.5 Å². The van der Waals surface area contributed by atoms with Gasteiger partial charge in [-0.05, 0) is 18.6 Å². The number of carbonyl (C=O) groups is 1. The van der Waals surface area contributed by atoms with Crippen LogP contribution in [0.25, 0.3) is 0 Å². The quantitative estimate of drug-likeness (QED) is 0.306. The van der Waals surface area contributed by atoms with Gasteiger partial charge < -0.3 is 15.6 Å². The van der Waals surface area contributed by atoms with Gasteiger partial charge >= 0.3 is 0 Å². The summed E-state index contributed by atoms with van der Waals surface area (Å²) in [5.74, 6) is 0. The van der Waals surface area contributed by atoms with Crippen LogP contribution >= 0.6 is 11.6 Å². The molecule has 0 atom stereocenters. The van der Waals surface area contributed by atoms with Gasteiger partial charge in [-0.15, -0.1) is 0 Å². The summed E-state index contributed by atoms with van der Waals surface area (Å²) in [5.41, 5.74) is 5.55. The number of carbonyl (C=O) groups excluding carboxylic acids is 1. The van der Waals surface area contributed by atoms with Crippen LogP contribution in [-0.2, 0) is 17.8 Å². The lowest BCUT2D eigenvalue weighted by atomic mass is 10.0. The van der Waals surface area contributed by atoms with Crippen molar-refractivity contribution in [3.05, 3.63) is 51.6 Å². The van der Waals surface area contributed by atoms with Crippen molar-refractivity contribution < 1.29 is 13.6 Å². The Balaban J connectivity index is 2.12. The van der Waals surface area contributed by atoms with Crippen LogP contribution in [0, 0.1) is 5.41 Å². The van der Waals surface area contributed by atoms with Crippen molar-refractivity contribution in [3.8, 4) is 0 Å². The number of halogens is 3. The third kappa shape index (κ3) is 6.63. The van der Waals surface area contributed by atoms with E-state index < -0.39 is 6.43 Å². The van der Waals surface area contributed by atoms with Crippen LogP contribution < -0.4 is 10.7 Å². The van der Waals surface area contributed by atoms with Gasteiger partial charge in [-0.25, -0.2) is 14.2 Å². The van der Waals surface area contributed by atoms with E-state index in [0.29, 0.717) is 54.5 Å². The predicted molar refractivity (Wildman–Crippen MR) is 109 cm³/mol. The second-order valence-electron chi connectivity index (χ2n) is 6.30. The number of aromatic nitrogens is 1. The minimum atomic E-state index is -2.46. The van der Waals surface area contributed by atoms with Crippen molar-refractivity contribution in [2.75, 3.05) is 13.1 Å². The molecule has 0 aliphatic carbocycles. The van der Waals surface area contributed by atoms with Crippen molar-refractivity contribution in [2.24, 2.45) is 5.10 Å². The summed E-state index contributed by atoms with van der Waals surface area (Å²) in [5, 5.41) is 15.3. The number of pyridine rings is 1. The highest BCUT2D eigenvalue weighted by Crippen LogP contribution is 2.22. The maximum absolute atomic E-state index is 12.8. The van der Waals surface area contributed by atoms with E-state index in [1.54, 1.807) is 19.1 Å². The number of rotatable bonds is 10. The summed E-state index contributed by atoms with van der Waals surface area (Å²) in [7, 11) is 0. The third-order valence-electron chi connectivity index (χ3n) is 4.39. The molecule has 3 N–H and O–H groups in total. The number of allylic oxidation sites excluding steroid dienone is 2. The van der Waals surface area contributed by atoms with E-state index in [4.69, 9.17) is 17.0 Å². The lowest BCUT2D eigenvalue weighted by Crippen LogP contribution is -2.36. The first-order valence-electron chi connectivity index (χ1n) is 8.97. The van der Waals surface area contributed by atoms with E-state index in [9.17, 15) is 13.6 Å². The fourth-order valence-electron chi connectivity index (χ4n) is 3.01. The third-order valence-corrected chi connectivity index (χ3v) is 4.58. The molecule has 1 aliphatic heterocycles. The average Bonchev–Trinajstić information content (AvgIpc) is 2.70. The summed E-state index contributed by atoms with van der Waals surface area (Å²) >= 11 is 6.16. The summed E-state index contributed by atoms with van der Waals surface area (Å²) in [6, 6.07) is 3.49. The molecule has 1 aliphatic rings. The second-order valence-corrected chi connectivity index (χ2v) is 6.87. The van der Waals surface area contributed by atoms with E-state index in [-0.39, 0.29) is 6.42 Å². The fraction of sp³-hybridized carbons (Fsp3) is 0.368. The highest BCUT2D eigenvalue weighted by molar-refractivity contribution is 6.30. The Morgan fingerprint density at radius 2 is 2.31 bits per heavy atom. The normalized spacial score (nSPS) is 15.6. The first-order chi connectivity index (χ1) is 14.0. The van der Waals surface area contributed by atoms with Crippen molar-refractivity contribution in [2.45, 2.75) is 32.7 Å². The molecular weight excluding hydrogens is 402 g/mol. The number of alkyl halides is 2. The number of hydrogen-bond donors (Lipinski definition) is 3. The van der Waals surface area contributed by atoms with Crippen molar-refractivity contribution >= 4 is 30.4 Å². The zero-order valence-corrected chi connectivity index (χ0v) is 16.7. The lowest BCUT2D eigenvalue weighted by molar-refractivity contribution is -0.109. The Morgan fingerprint density at radius 3 is 2.97 bits per heavy atom. The van der Waals surface area contributed by atoms with Crippen LogP contribution in [-0.4, -0.2) is 48.2 Å². The van der Waals surface area contributed by atoms with Gasteiger partial charge in [-0.1, -0.05) is 17.7 Å². The van der Waals surface area contributed by atoms with E-state index in [1.165, 1.54) is 18.6 Å². The standard InChI is InChI=1S/C19H23ClF2N6O/c1-13(20)18(10-26-27-12-29)28-6-4-16(15(8-23)11-28)25-9-14-3-2-5-24-17(14)7-19(21)22/h2-3,5,8,10,12,19,23,25H,4,6-7,9,11H2,1H3,(H,27,29)/b18-13-,23-8?,26-10-. The Labute approximate surface area is 173 Å². The zero-order chi connectivity index (χ0) is 21.2. The lowest BCUT2D eigenvalue weighted by Gasteiger charge is -2.32. The second kappa shape index (κ2) is 11.3. The van der Waals surface area contributed by atoms with Gasteiger partial charge in [0.1, 0.15) is 0 Å².